The van der Waals surface area contributed by atoms with Gasteiger partial charge in [-0.2, -0.15) is 0 Å². The topological polar surface area (TPSA) is 101 Å². The van der Waals surface area contributed by atoms with Crippen LogP contribution in [0.4, 0.5) is 0 Å². The van der Waals surface area contributed by atoms with Crippen LogP contribution < -0.4 is 9.46 Å². The molecule has 3 aromatic rings. The maximum absolute atomic E-state index is 15.2. The van der Waals surface area contributed by atoms with Crippen LogP contribution in [0.15, 0.2) is 36.4 Å². The molecule has 2 amide bonds. The highest BCUT2D eigenvalue weighted by atomic mass is 32.2. The van der Waals surface area contributed by atoms with Gasteiger partial charge in [-0.15, -0.1) is 0 Å². The number of amides is 2. The number of nitrogens with one attached hydrogen (secondary N) is 1. The number of fused-ring (bicyclic) bond motifs is 10. The molecule has 244 valence electrons. The van der Waals surface area contributed by atoms with Gasteiger partial charge in [0.15, 0.2) is 0 Å². The Kier molecular flexibility index (Phi) is 6.89. The first kappa shape index (κ1) is 30.0. The van der Waals surface area contributed by atoms with E-state index in [2.05, 4.69) is 38.3 Å². The lowest BCUT2D eigenvalue weighted by molar-refractivity contribution is -0.142. The number of carbonyl (C=O) groups excluding carboxylic acids is 2. The Bertz CT molecular complexity index is 1860. The standard InChI is InChI=1S/C36H44N4O5S/c1-21(2)46(43,44)37-34(41)23-10-14-28-31(16-23)40-33(32(28)22-8-6-5-7-9-22)27-15-13-26(45-4)17-29(27)30-18-36(30,40)35(42)39-24-11-12-25(39)20-38(3)19-24/h10,13-17,21-22,24-25,30H,5-9,11-12,18-20H2,1-4H3,(H,37,41)/t24?,25?,30?,36-/m0/s1. The van der Waals surface area contributed by atoms with E-state index in [1.165, 1.54) is 17.5 Å². The normalized spacial score (nSPS) is 27.3. The van der Waals surface area contributed by atoms with Gasteiger partial charge in [-0.3, -0.25) is 9.59 Å². The maximum atomic E-state index is 15.2. The Labute approximate surface area is 271 Å². The molecule has 4 heterocycles. The van der Waals surface area contributed by atoms with Crippen molar-refractivity contribution in [3.8, 4) is 17.0 Å². The third-order valence-electron chi connectivity index (χ3n) is 11.6. The van der Waals surface area contributed by atoms with Crippen molar-refractivity contribution in [1.29, 1.82) is 0 Å². The minimum atomic E-state index is -3.81. The van der Waals surface area contributed by atoms with Crippen LogP contribution in [0, 0.1) is 0 Å². The molecule has 2 aliphatic carbocycles. The van der Waals surface area contributed by atoms with Crippen molar-refractivity contribution in [1.82, 2.24) is 19.1 Å². The molecule has 1 aromatic heterocycles. The van der Waals surface area contributed by atoms with Gasteiger partial charge in [0.25, 0.3) is 5.91 Å². The lowest BCUT2D eigenvalue weighted by Crippen LogP contribution is -2.58. The van der Waals surface area contributed by atoms with Gasteiger partial charge in [-0.25, -0.2) is 13.1 Å². The summed E-state index contributed by atoms with van der Waals surface area (Å²) in [6.45, 7) is 4.88. The summed E-state index contributed by atoms with van der Waals surface area (Å²) in [5.41, 5.74) is 5.00. The zero-order valence-electron chi connectivity index (χ0n) is 27.2. The molecule has 0 radical (unpaired) electrons. The molecule has 2 saturated carbocycles. The zero-order chi connectivity index (χ0) is 32.1. The summed E-state index contributed by atoms with van der Waals surface area (Å²) in [6, 6.07) is 12.3. The SMILES string of the molecule is COc1ccc2c(c1)C1C[C@]1(C(=O)N1C3CCC1CN(C)C3)n1c-2c(C2CCCCC2)c2ccc(C(=O)NS(=O)(=O)C(C)C)cc21. The number of rotatable bonds is 6. The smallest absolute Gasteiger partial charge is 0.264 e. The first-order chi connectivity index (χ1) is 22.0. The van der Waals surface area contributed by atoms with Crippen molar-refractivity contribution in [2.45, 2.75) is 99.9 Å². The van der Waals surface area contributed by atoms with E-state index in [1.807, 2.05) is 18.2 Å². The molecule has 2 aromatic carbocycles. The van der Waals surface area contributed by atoms with E-state index < -0.39 is 26.7 Å². The number of carbonyl (C=O) groups is 2. The number of nitrogens with zero attached hydrogens (tertiary/aromatic N) is 3. The number of sulfonamides is 1. The number of aromatic nitrogens is 1. The van der Waals surface area contributed by atoms with E-state index in [9.17, 15) is 13.2 Å². The first-order valence-corrected chi connectivity index (χ1v) is 18.5. The second kappa shape index (κ2) is 10.6. The van der Waals surface area contributed by atoms with E-state index in [0.717, 1.165) is 79.5 Å². The Balaban J connectivity index is 1.37. The molecule has 0 spiro atoms. The predicted octanol–water partition coefficient (Wildman–Crippen LogP) is 5.33. The molecule has 4 fully saturated rings. The molecule has 46 heavy (non-hydrogen) atoms. The second-order valence-corrected chi connectivity index (χ2v) is 16.9. The molecule has 10 heteroatoms. The van der Waals surface area contributed by atoms with Crippen molar-refractivity contribution in [3.63, 3.8) is 0 Å². The molecule has 2 saturated heterocycles. The molecular formula is C36H44N4O5S. The highest BCUT2D eigenvalue weighted by Crippen LogP contribution is 2.67. The zero-order valence-corrected chi connectivity index (χ0v) is 28.0. The van der Waals surface area contributed by atoms with Crippen LogP contribution in [0.25, 0.3) is 22.2 Å². The first-order valence-electron chi connectivity index (χ1n) is 17.0. The fourth-order valence-corrected chi connectivity index (χ4v) is 9.90. The third-order valence-corrected chi connectivity index (χ3v) is 13.3. The molecule has 5 aliphatic rings. The molecule has 2 bridgehead atoms. The van der Waals surface area contributed by atoms with Gasteiger partial charge >= 0.3 is 0 Å². The molecule has 1 N–H and O–H groups in total. The van der Waals surface area contributed by atoms with Gasteiger partial charge in [0, 0.05) is 47.6 Å². The number of likely N-dealkylation sites (N-methyl/N-ethyl adjacent to an activating group) is 1. The Morgan fingerprint density at radius 3 is 2.37 bits per heavy atom. The summed E-state index contributed by atoms with van der Waals surface area (Å²) in [4.78, 5) is 33.2. The van der Waals surface area contributed by atoms with Crippen LogP contribution in [-0.4, -0.2) is 79.2 Å². The molecule has 3 aliphatic heterocycles. The summed E-state index contributed by atoms with van der Waals surface area (Å²) < 4.78 is 35.6. The lowest BCUT2D eigenvalue weighted by atomic mass is 9.80. The monoisotopic (exact) mass is 644 g/mol. The number of benzene rings is 2. The number of methoxy groups -OCH3 is 1. The van der Waals surface area contributed by atoms with Crippen LogP contribution in [0.3, 0.4) is 0 Å². The average Bonchev–Trinajstić information content (AvgIpc) is 3.63. The second-order valence-electron chi connectivity index (χ2n) is 14.6. The van der Waals surface area contributed by atoms with E-state index in [4.69, 9.17) is 4.74 Å². The molecule has 9 nitrogen and oxygen atoms in total. The minimum Gasteiger partial charge on any atom is -0.497 e. The highest BCUT2D eigenvalue weighted by Gasteiger charge is 2.68. The van der Waals surface area contributed by atoms with Crippen molar-refractivity contribution in [2.24, 2.45) is 0 Å². The lowest BCUT2D eigenvalue weighted by Gasteiger charge is -2.43. The van der Waals surface area contributed by atoms with Crippen molar-refractivity contribution in [2.75, 3.05) is 27.2 Å². The quantitative estimate of drug-likeness (QED) is 0.389. The average molecular weight is 645 g/mol. The molecule has 8 rings (SSSR count). The largest absolute Gasteiger partial charge is 0.497 e. The fraction of sp³-hybridized carbons (Fsp3) is 0.556. The molecular weight excluding hydrogens is 600 g/mol. The van der Waals surface area contributed by atoms with E-state index >= 15 is 4.79 Å². The molecule has 3 unspecified atom stereocenters. The number of hydrogen-bond donors (Lipinski definition) is 1. The van der Waals surface area contributed by atoms with E-state index in [-0.39, 0.29) is 29.5 Å². The van der Waals surface area contributed by atoms with Crippen molar-refractivity contribution >= 4 is 32.7 Å². The fourth-order valence-electron chi connectivity index (χ4n) is 9.28. The van der Waals surface area contributed by atoms with E-state index in [1.54, 1.807) is 27.0 Å². The van der Waals surface area contributed by atoms with Gasteiger partial charge in [-0.05, 0) is 100 Å². The summed E-state index contributed by atoms with van der Waals surface area (Å²) in [7, 11) is 0.0260. The molecule has 4 atom stereocenters. The van der Waals surface area contributed by atoms with Crippen molar-refractivity contribution in [3.05, 3.63) is 53.1 Å². The van der Waals surface area contributed by atoms with Crippen LogP contribution in [-0.2, 0) is 20.4 Å². The van der Waals surface area contributed by atoms with Gasteiger partial charge in [0.1, 0.15) is 11.3 Å². The number of likely N-dealkylation sites (tertiary alicyclic amines) is 1. The maximum Gasteiger partial charge on any atom is 0.264 e. The van der Waals surface area contributed by atoms with E-state index in [0.29, 0.717) is 12.3 Å². The highest BCUT2D eigenvalue weighted by molar-refractivity contribution is 7.90. The summed E-state index contributed by atoms with van der Waals surface area (Å²) >= 11 is 0. The van der Waals surface area contributed by atoms with Crippen LogP contribution >= 0.6 is 0 Å². The van der Waals surface area contributed by atoms with Crippen LogP contribution in [0.5, 0.6) is 5.75 Å². The van der Waals surface area contributed by atoms with Crippen LogP contribution in [0.2, 0.25) is 0 Å². The van der Waals surface area contributed by atoms with Crippen molar-refractivity contribution < 1.29 is 22.7 Å². The number of hydrogen-bond acceptors (Lipinski definition) is 6. The third kappa shape index (κ3) is 4.31. The van der Waals surface area contributed by atoms with Gasteiger partial charge < -0.3 is 19.1 Å². The summed E-state index contributed by atoms with van der Waals surface area (Å²) in [5.74, 6) is 0.671. The Morgan fingerprint density at radius 2 is 1.70 bits per heavy atom. The predicted molar refractivity (Wildman–Crippen MR) is 178 cm³/mol. The summed E-state index contributed by atoms with van der Waals surface area (Å²) in [5, 5.41) is 0.327. The van der Waals surface area contributed by atoms with Gasteiger partial charge in [0.05, 0.1) is 23.6 Å². The summed E-state index contributed by atoms with van der Waals surface area (Å²) in [6.07, 6.45) is 8.45. The van der Waals surface area contributed by atoms with Crippen LogP contribution in [0.1, 0.15) is 98.5 Å². The number of piperazine rings is 1. The minimum absolute atomic E-state index is 0.00902. The van der Waals surface area contributed by atoms with Gasteiger partial charge in [0.2, 0.25) is 15.9 Å². The van der Waals surface area contributed by atoms with Gasteiger partial charge in [-0.1, -0.05) is 25.3 Å². The Morgan fingerprint density at radius 1 is 0.978 bits per heavy atom. The number of ether oxygens (including phenoxy) is 1. The Hall–Kier alpha value is -3.37.